The summed E-state index contributed by atoms with van der Waals surface area (Å²) in [6, 6.07) is 7.47. The Morgan fingerprint density at radius 1 is 1.15 bits per heavy atom. The molecule has 0 spiro atoms. The van der Waals surface area contributed by atoms with Crippen LogP contribution < -0.4 is 10.2 Å². The lowest BCUT2D eigenvalue weighted by atomic mass is 10.3. The summed E-state index contributed by atoms with van der Waals surface area (Å²) in [6.07, 6.45) is 2.10. The molecule has 0 atom stereocenters. The number of fused-ring (bicyclic) bond motifs is 1. The van der Waals surface area contributed by atoms with Crippen molar-refractivity contribution in [3.8, 4) is 0 Å². The first-order valence-electron chi connectivity index (χ1n) is 8.77. The van der Waals surface area contributed by atoms with Gasteiger partial charge in [-0.3, -0.25) is 9.59 Å². The van der Waals surface area contributed by atoms with Crippen LogP contribution in [0.25, 0.3) is 10.3 Å². The Balaban J connectivity index is 1.25. The quantitative estimate of drug-likeness (QED) is 0.709. The highest BCUT2D eigenvalue weighted by Crippen LogP contribution is 2.27. The molecule has 0 radical (unpaired) electrons. The van der Waals surface area contributed by atoms with Crippen LogP contribution in [0.1, 0.15) is 16.1 Å². The molecule has 27 heavy (non-hydrogen) atoms. The SMILES string of the molecule is O=C(NCCC(=O)N1CCN(c2nc3cccnc3s2)CC1)c1cccs1. The van der Waals surface area contributed by atoms with Crippen LogP contribution in [0.15, 0.2) is 35.8 Å². The first-order valence-corrected chi connectivity index (χ1v) is 10.5. The average molecular weight is 402 g/mol. The molecule has 3 aromatic rings. The van der Waals surface area contributed by atoms with Crippen LogP contribution in [-0.4, -0.2) is 59.4 Å². The third-order valence-corrected chi connectivity index (χ3v) is 6.34. The van der Waals surface area contributed by atoms with Gasteiger partial charge in [-0.05, 0) is 23.6 Å². The largest absolute Gasteiger partial charge is 0.351 e. The molecule has 1 aliphatic heterocycles. The Morgan fingerprint density at radius 3 is 2.74 bits per heavy atom. The van der Waals surface area contributed by atoms with E-state index in [4.69, 9.17) is 0 Å². The monoisotopic (exact) mass is 401 g/mol. The molecule has 0 aliphatic carbocycles. The fourth-order valence-electron chi connectivity index (χ4n) is 2.98. The molecular formula is C18H19N5O2S2. The van der Waals surface area contributed by atoms with Crippen molar-refractivity contribution in [2.75, 3.05) is 37.6 Å². The molecule has 4 heterocycles. The highest BCUT2D eigenvalue weighted by molar-refractivity contribution is 7.21. The second kappa shape index (κ2) is 8.01. The summed E-state index contributed by atoms with van der Waals surface area (Å²) in [5.74, 6) is -0.0424. The lowest BCUT2D eigenvalue weighted by Gasteiger charge is -2.34. The van der Waals surface area contributed by atoms with E-state index in [-0.39, 0.29) is 11.8 Å². The number of nitrogens with zero attached hydrogens (tertiary/aromatic N) is 4. The number of hydrogen-bond acceptors (Lipinski definition) is 7. The van der Waals surface area contributed by atoms with Gasteiger partial charge in [0.2, 0.25) is 5.91 Å². The minimum Gasteiger partial charge on any atom is -0.351 e. The van der Waals surface area contributed by atoms with Crippen LogP contribution in [0, 0.1) is 0 Å². The second-order valence-corrected chi connectivity index (χ2v) is 8.08. The van der Waals surface area contributed by atoms with Crippen LogP contribution >= 0.6 is 22.7 Å². The zero-order valence-corrected chi connectivity index (χ0v) is 16.3. The Labute approximate surface area is 164 Å². The first kappa shape index (κ1) is 17.9. The number of carbonyl (C=O) groups is 2. The molecule has 3 aromatic heterocycles. The maximum absolute atomic E-state index is 12.4. The van der Waals surface area contributed by atoms with Crippen molar-refractivity contribution in [2.24, 2.45) is 0 Å². The number of rotatable bonds is 5. The van der Waals surface area contributed by atoms with Gasteiger partial charge < -0.3 is 15.1 Å². The summed E-state index contributed by atoms with van der Waals surface area (Å²) < 4.78 is 0. The number of nitrogens with one attached hydrogen (secondary N) is 1. The van der Waals surface area contributed by atoms with Gasteiger partial charge >= 0.3 is 0 Å². The van der Waals surface area contributed by atoms with Gasteiger partial charge in [0.1, 0.15) is 10.3 Å². The highest BCUT2D eigenvalue weighted by Gasteiger charge is 2.23. The van der Waals surface area contributed by atoms with E-state index in [2.05, 4.69) is 20.2 Å². The third kappa shape index (κ3) is 4.09. The smallest absolute Gasteiger partial charge is 0.261 e. The second-order valence-electron chi connectivity index (χ2n) is 6.18. The molecule has 1 saturated heterocycles. The molecule has 0 unspecified atom stereocenters. The Kier molecular flexibility index (Phi) is 5.30. The Hall–Kier alpha value is -2.52. The van der Waals surface area contributed by atoms with Gasteiger partial charge in [-0.2, -0.15) is 0 Å². The van der Waals surface area contributed by atoms with E-state index in [1.54, 1.807) is 23.6 Å². The molecule has 1 fully saturated rings. The van der Waals surface area contributed by atoms with Crippen molar-refractivity contribution in [3.63, 3.8) is 0 Å². The normalized spacial score (nSPS) is 14.5. The van der Waals surface area contributed by atoms with Crippen LogP contribution in [0.2, 0.25) is 0 Å². The van der Waals surface area contributed by atoms with Crippen LogP contribution in [0.5, 0.6) is 0 Å². The van der Waals surface area contributed by atoms with Crippen molar-refractivity contribution in [2.45, 2.75) is 6.42 Å². The molecule has 1 aliphatic rings. The van der Waals surface area contributed by atoms with Gasteiger partial charge in [0.05, 0.1) is 4.88 Å². The average Bonchev–Trinajstić information content (AvgIpc) is 3.37. The molecule has 140 valence electrons. The summed E-state index contributed by atoms with van der Waals surface area (Å²) in [6.45, 7) is 3.21. The van der Waals surface area contributed by atoms with E-state index in [1.165, 1.54) is 11.3 Å². The van der Waals surface area contributed by atoms with Crippen molar-refractivity contribution < 1.29 is 9.59 Å². The predicted molar refractivity (Wildman–Crippen MR) is 107 cm³/mol. The van der Waals surface area contributed by atoms with Crippen molar-refractivity contribution in [3.05, 3.63) is 40.7 Å². The zero-order chi connectivity index (χ0) is 18.6. The fourth-order valence-corrected chi connectivity index (χ4v) is 4.58. The Bertz CT molecular complexity index is 899. The molecule has 0 aromatic carbocycles. The molecule has 4 rings (SSSR count). The number of anilines is 1. The van der Waals surface area contributed by atoms with Gasteiger partial charge in [-0.15, -0.1) is 11.3 Å². The van der Waals surface area contributed by atoms with Crippen LogP contribution in [-0.2, 0) is 4.79 Å². The fraction of sp³-hybridized carbons (Fsp3) is 0.333. The molecule has 0 saturated carbocycles. The van der Waals surface area contributed by atoms with E-state index < -0.39 is 0 Å². The van der Waals surface area contributed by atoms with Crippen LogP contribution in [0.4, 0.5) is 5.13 Å². The summed E-state index contributed by atoms with van der Waals surface area (Å²) >= 11 is 2.98. The number of pyridine rings is 1. The molecular weight excluding hydrogens is 382 g/mol. The summed E-state index contributed by atoms with van der Waals surface area (Å²) in [4.78, 5) is 38.9. The number of aromatic nitrogens is 2. The summed E-state index contributed by atoms with van der Waals surface area (Å²) in [7, 11) is 0. The highest BCUT2D eigenvalue weighted by atomic mass is 32.1. The van der Waals surface area contributed by atoms with E-state index in [9.17, 15) is 9.59 Å². The molecule has 1 N–H and O–H groups in total. The molecule has 0 bridgehead atoms. The number of thiazole rings is 1. The maximum atomic E-state index is 12.4. The predicted octanol–water partition coefficient (Wildman–Crippen LogP) is 2.22. The maximum Gasteiger partial charge on any atom is 0.261 e. The van der Waals surface area contributed by atoms with Gasteiger partial charge in [0.25, 0.3) is 5.91 Å². The molecule has 2 amide bonds. The van der Waals surface area contributed by atoms with Crippen molar-refractivity contribution in [1.29, 1.82) is 0 Å². The summed E-state index contributed by atoms with van der Waals surface area (Å²) in [5.41, 5.74) is 0.914. The first-order chi connectivity index (χ1) is 13.2. The zero-order valence-electron chi connectivity index (χ0n) is 14.6. The topological polar surface area (TPSA) is 78.4 Å². The summed E-state index contributed by atoms with van der Waals surface area (Å²) in [5, 5.41) is 5.62. The van der Waals surface area contributed by atoms with Gasteiger partial charge in [0, 0.05) is 45.3 Å². The number of carbonyl (C=O) groups excluding carboxylic acids is 2. The van der Waals surface area contributed by atoms with Gasteiger partial charge in [-0.25, -0.2) is 9.97 Å². The number of thiophene rings is 1. The van der Waals surface area contributed by atoms with Crippen molar-refractivity contribution >= 4 is 50.0 Å². The van der Waals surface area contributed by atoms with Gasteiger partial charge in [0.15, 0.2) is 5.13 Å². The van der Waals surface area contributed by atoms with Crippen molar-refractivity contribution in [1.82, 2.24) is 20.2 Å². The lowest BCUT2D eigenvalue weighted by Crippen LogP contribution is -2.49. The standard InChI is InChI=1S/C18H19N5O2S2/c24-15(5-7-19-16(25)14-4-2-12-26-14)22-8-10-23(11-9-22)18-21-13-3-1-6-20-17(13)27-18/h1-4,6,12H,5,7-11H2,(H,19,25). The number of amides is 2. The van der Waals surface area contributed by atoms with Crippen LogP contribution in [0.3, 0.4) is 0 Å². The minimum absolute atomic E-state index is 0.0760. The number of piperazine rings is 1. The molecule has 9 heteroatoms. The minimum atomic E-state index is -0.118. The van der Waals surface area contributed by atoms with Gasteiger partial charge in [-0.1, -0.05) is 17.4 Å². The number of hydrogen-bond donors (Lipinski definition) is 1. The third-order valence-electron chi connectivity index (χ3n) is 4.43. The van der Waals surface area contributed by atoms with E-state index in [0.29, 0.717) is 30.9 Å². The lowest BCUT2D eigenvalue weighted by molar-refractivity contribution is -0.131. The Morgan fingerprint density at radius 2 is 2.00 bits per heavy atom. The molecule has 7 nitrogen and oxygen atoms in total. The van der Waals surface area contributed by atoms with E-state index >= 15 is 0 Å². The van der Waals surface area contributed by atoms with E-state index in [0.717, 1.165) is 28.6 Å². The van der Waals surface area contributed by atoms with E-state index in [1.807, 2.05) is 28.5 Å².